The van der Waals surface area contributed by atoms with Gasteiger partial charge in [-0.15, -0.1) is 11.8 Å². The van der Waals surface area contributed by atoms with Crippen molar-refractivity contribution in [1.82, 2.24) is 4.90 Å². The monoisotopic (exact) mass is 353 g/mol. The van der Waals surface area contributed by atoms with E-state index in [4.69, 9.17) is 0 Å². The van der Waals surface area contributed by atoms with Gasteiger partial charge in [-0.1, -0.05) is 55.8 Å². The number of aryl methyl sites for hydroxylation is 1. The van der Waals surface area contributed by atoms with Crippen molar-refractivity contribution in [1.29, 1.82) is 0 Å². The summed E-state index contributed by atoms with van der Waals surface area (Å²) in [5.41, 5.74) is 1.46. The molecule has 4 rings (SSSR count). The zero-order valence-corrected chi connectivity index (χ0v) is 16.3. The first kappa shape index (κ1) is 17.3. The summed E-state index contributed by atoms with van der Waals surface area (Å²) < 4.78 is 0. The molecule has 0 amide bonds. The first-order valence-electron chi connectivity index (χ1n) is 10.1. The van der Waals surface area contributed by atoms with Gasteiger partial charge in [0.15, 0.2) is 0 Å². The first-order valence-corrected chi connectivity index (χ1v) is 11.0. The van der Waals surface area contributed by atoms with Crippen LogP contribution >= 0.6 is 11.8 Å². The van der Waals surface area contributed by atoms with E-state index in [0.29, 0.717) is 5.25 Å². The molecular weight excluding hydrogens is 322 g/mol. The van der Waals surface area contributed by atoms with Gasteiger partial charge in [-0.25, -0.2) is 0 Å². The molecule has 3 aliphatic rings. The van der Waals surface area contributed by atoms with E-state index in [1.54, 1.807) is 0 Å². The minimum Gasteiger partial charge on any atom is -0.362 e. The van der Waals surface area contributed by atoms with Crippen molar-refractivity contribution in [3.63, 3.8) is 0 Å². The third-order valence-corrected chi connectivity index (χ3v) is 7.63. The summed E-state index contributed by atoms with van der Waals surface area (Å²) in [6.45, 7) is 4.79. The fourth-order valence-corrected chi connectivity index (χ4v) is 6.08. The highest BCUT2D eigenvalue weighted by Gasteiger charge is 2.40. The van der Waals surface area contributed by atoms with Crippen LogP contribution in [-0.4, -0.2) is 23.2 Å². The van der Waals surface area contributed by atoms with Crippen molar-refractivity contribution in [2.45, 2.75) is 50.7 Å². The highest BCUT2D eigenvalue weighted by atomic mass is 32.2. The SMILES string of the molecule is CC(CCc1ccccc1)SC1=CC=CCN1CC1CC2CCC1C2. The minimum absolute atomic E-state index is 0.667. The van der Waals surface area contributed by atoms with Gasteiger partial charge in [0, 0.05) is 18.3 Å². The van der Waals surface area contributed by atoms with E-state index in [1.807, 2.05) is 0 Å². The molecule has 2 fully saturated rings. The van der Waals surface area contributed by atoms with Crippen LogP contribution in [0.5, 0.6) is 0 Å². The van der Waals surface area contributed by atoms with E-state index in [-0.39, 0.29) is 0 Å². The van der Waals surface area contributed by atoms with Crippen LogP contribution in [0.2, 0.25) is 0 Å². The average Bonchev–Trinajstić information content (AvgIpc) is 3.26. The summed E-state index contributed by atoms with van der Waals surface area (Å²) in [4.78, 5) is 2.66. The Morgan fingerprint density at radius 2 is 2.04 bits per heavy atom. The molecule has 25 heavy (non-hydrogen) atoms. The molecule has 1 aromatic carbocycles. The lowest BCUT2D eigenvalue weighted by Gasteiger charge is -2.34. The molecule has 2 heteroatoms. The van der Waals surface area contributed by atoms with Gasteiger partial charge in [0.05, 0.1) is 5.03 Å². The van der Waals surface area contributed by atoms with Gasteiger partial charge in [0.25, 0.3) is 0 Å². The maximum atomic E-state index is 2.66. The number of thioether (sulfide) groups is 1. The van der Waals surface area contributed by atoms with E-state index in [0.717, 1.165) is 24.3 Å². The Hall–Kier alpha value is -1.15. The minimum atomic E-state index is 0.667. The van der Waals surface area contributed by atoms with E-state index < -0.39 is 0 Å². The van der Waals surface area contributed by atoms with E-state index in [1.165, 1.54) is 55.7 Å². The quantitative estimate of drug-likeness (QED) is 0.601. The molecule has 0 aromatic heterocycles. The zero-order valence-electron chi connectivity index (χ0n) is 15.4. The Labute approximate surface area is 157 Å². The number of hydrogen-bond acceptors (Lipinski definition) is 2. The zero-order chi connectivity index (χ0) is 17.1. The number of allylic oxidation sites excluding steroid dienone is 2. The van der Waals surface area contributed by atoms with Gasteiger partial charge in [-0.3, -0.25) is 0 Å². The molecule has 4 unspecified atom stereocenters. The van der Waals surface area contributed by atoms with Crippen LogP contribution in [0, 0.1) is 17.8 Å². The van der Waals surface area contributed by atoms with Crippen molar-refractivity contribution in [2.75, 3.05) is 13.1 Å². The van der Waals surface area contributed by atoms with Crippen LogP contribution in [0.4, 0.5) is 0 Å². The maximum Gasteiger partial charge on any atom is 0.0712 e. The molecule has 134 valence electrons. The summed E-state index contributed by atoms with van der Waals surface area (Å²) in [5.74, 6) is 3.03. The average molecular weight is 354 g/mol. The highest BCUT2D eigenvalue weighted by molar-refractivity contribution is 8.03. The number of fused-ring (bicyclic) bond motifs is 2. The number of nitrogens with zero attached hydrogens (tertiary/aromatic N) is 1. The van der Waals surface area contributed by atoms with Gasteiger partial charge in [-0.05, 0) is 61.5 Å². The number of benzene rings is 1. The number of rotatable bonds is 7. The summed E-state index contributed by atoms with van der Waals surface area (Å²) in [6.07, 6.45) is 15.4. The third kappa shape index (κ3) is 4.34. The van der Waals surface area contributed by atoms with Crippen molar-refractivity contribution >= 4 is 11.8 Å². The Bertz CT molecular complexity index is 620. The van der Waals surface area contributed by atoms with Crippen LogP contribution in [0.1, 0.15) is 44.6 Å². The van der Waals surface area contributed by atoms with Gasteiger partial charge in [0.1, 0.15) is 0 Å². The molecule has 0 saturated heterocycles. The van der Waals surface area contributed by atoms with Crippen LogP contribution in [-0.2, 0) is 6.42 Å². The molecule has 1 heterocycles. The van der Waals surface area contributed by atoms with Gasteiger partial charge in [0.2, 0.25) is 0 Å². The largest absolute Gasteiger partial charge is 0.362 e. The lowest BCUT2D eigenvalue weighted by molar-refractivity contribution is 0.246. The van der Waals surface area contributed by atoms with Crippen molar-refractivity contribution in [3.8, 4) is 0 Å². The standard InChI is InChI=1S/C23H31NS/c1-18(10-11-19-7-3-2-4-8-19)25-23-9-5-6-14-24(23)17-22-16-20-12-13-21(22)15-20/h2-9,18,20-22H,10-17H2,1H3. The molecule has 4 atom stereocenters. The summed E-state index contributed by atoms with van der Waals surface area (Å²) in [5, 5.41) is 2.17. The Kier molecular flexibility index (Phi) is 5.55. The molecule has 2 aliphatic carbocycles. The second-order valence-electron chi connectivity index (χ2n) is 8.23. The van der Waals surface area contributed by atoms with Gasteiger partial charge >= 0.3 is 0 Å². The van der Waals surface area contributed by atoms with Crippen LogP contribution in [0.25, 0.3) is 0 Å². The van der Waals surface area contributed by atoms with Crippen molar-refractivity contribution < 1.29 is 0 Å². The number of hydrogen-bond donors (Lipinski definition) is 0. The second kappa shape index (κ2) is 8.03. The van der Waals surface area contributed by atoms with Crippen LogP contribution < -0.4 is 0 Å². The lowest BCUT2D eigenvalue weighted by Crippen LogP contribution is -2.32. The van der Waals surface area contributed by atoms with E-state index in [2.05, 4.69) is 72.1 Å². The fourth-order valence-electron chi connectivity index (χ4n) is 4.97. The molecule has 1 nitrogen and oxygen atoms in total. The molecule has 1 aromatic rings. The summed E-state index contributed by atoms with van der Waals surface area (Å²) in [6, 6.07) is 10.9. The first-order chi connectivity index (χ1) is 12.3. The van der Waals surface area contributed by atoms with E-state index in [9.17, 15) is 0 Å². The molecule has 0 spiro atoms. The maximum absolute atomic E-state index is 2.66. The third-order valence-electron chi connectivity index (χ3n) is 6.36. The summed E-state index contributed by atoms with van der Waals surface area (Å²) in [7, 11) is 0. The molecule has 2 bridgehead atoms. The lowest BCUT2D eigenvalue weighted by atomic mass is 9.88. The molecular formula is C23H31NS. The molecule has 0 N–H and O–H groups in total. The van der Waals surface area contributed by atoms with Crippen molar-refractivity contribution in [2.24, 2.45) is 17.8 Å². The molecule has 2 saturated carbocycles. The smallest absolute Gasteiger partial charge is 0.0712 e. The second-order valence-corrected chi connectivity index (χ2v) is 9.68. The van der Waals surface area contributed by atoms with Crippen LogP contribution in [0.3, 0.4) is 0 Å². The predicted octanol–water partition coefficient (Wildman–Crippen LogP) is 5.89. The molecule has 1 aliphatic heterocycles. The van der Waals surface area contributed by atoms with Crippen LogP contribution in [0.15, 0.2) is 53.6 Å². The Morgan fingerprint density at radius 1 is 1.16 bits per heavy atom. The summed E-state index contributed by atoms with van der Waals surface area (Å²) >= 11 is 2.09. The fraction of sp³-hybridized carbons (Fsp3) is 0.565. The van der Waals surface area contributed by atoms with Gasteiger partial charge in [-0.2, -0.15) is 0 Å². The topological polar surface area (TPSA) is 3.24 Å². The predicted molar refractivity (Wildman–Crippen MR) is 110 cm³/mol. The Balaban J connectivity index is 1.30. The molecule has 0 radical (unpaired) electrons. The highest BCUT2D eigenvalue weighted by Crippen LogP contribution is 2.49. The normalized spacial score (nSPS) is 29.1. The van der Waals surface area contributed by atoms with Crippen molar-refractivity contribution in [3.05, 3.63) is 59.2 Å². The van der Waals surface area contributed by atoms with E-state index >= 15 is 0 Å². The Morgan fingerprint density at radius 3 is 2.80 bits per heavy atom. The van der Waals surface area contributed by atoms with Gasteiger partial charge < -0.3 is 4.90 Å².